The SMILES string of the molecule is C/C=C(/C)C(=O)O[C@H]1[C@H](OC(=O)C(C)CC)[C@]2(CO)[C@H](O)[C@H](O)[C@]3(C)C(=CC[C@@H]4[C@@]5(C)CC[C@H](O)[C@@](C)(C=O)[C@@H]5CC[C@]43C)[C@@H]2CC1(C)C. The van der Waals surface area contributed by atoms with Gasteiger partial charge in [-0.25, -0.2) is 4.79 Å². The molecular formula is C40H62O9. The third-order valence-electron chi connectivity index (χ3n) is 15.6. The lowest BCUT2D eigenvalue weighted by atomic mass is 9.32. The normalized spacial score (nSPS) is 48.0. The van der Waals surface area contributed by atoms with Crippen LogP contribution in [0.2, 0.25) is 0 Å². The van der Waals surface area contributed by atoms with E-state index in [0.29, 0.717) is 44.1 Å². The lowest BCUT2D eigenvalue weighted by Crippen LogP contribution is -2.76. The fourth-order valence-corrected chi connectivity index (χ4v) is 11.9. The van der Waals surface area contributed by atoms with E-state index in [-0.39, 0.29) is 17.3 Å². The zero-order valence-electron chi connectivity index (χ0n) is 31.4. The summed E-state index contributed by atoms with van der Waals surface area (Å²) in [6.45, 7) is 18.8. The van der Waals surface area contributed by atoms with Gasteiger partial charge in [0, 0.05) is 16.4 Å². The van der Waals surface area contributed by atoms with Crippen LogP contribution in [0.4, 0.5) is 0 Å². The van der Waals surface area contributed by atoms with E-state index in [9.17, 15) is 34.8 Å². The first kappa shape index (κ1) is 38.2. The number of esters is 2. The summed E-state index contributed by atoms with van der Waals surface area (Å²) < 4.78 is 12.5. The number of hydrogen-bond donors (Lipinski definition) is 4. The van der Waals surface area contributed by atoms with E-state index in [4.69, 9.17) is 9.47 Å². The van der Waals surface area contributed by atoms with E-state index in [0.717, 1.165) is 18.3 Å². The smallest absolute Gasteiger partial charge is 0.333 e. The van der Waals surface area contributed by atoms with E-state index in [1.165, 1.54) is 0 Å². The second-order valence-electron chi connectivity index (χ2n) is 18.1. The minimum atomic E-state index is -1.55. The number of rotatable bonds is 7. The Morgan fingerprint density at radius 3 is 2.20 bits per heavy atom. The number of aliphatic hydroxyl groups is 4. The molecule has 0 amide bonds. The summed E-state index contributed by atoms with van der Waals surface area (Å²) in [4.78, 5) is 39.5. The van der Waals surface area contributed by atoms with Gasteiger partial charge in [0.1, 0.15) is 12.4 Å². The van der Waals surface area contributed by atoms with Crippen molar-refractivity contribution < 1.29 is 44.3 Å². The maximum absolute atomic E-state index is 13.6. The molecule has 4 saturated carbocycles. The molecule has 0 aromatic rings. The molecule has 5 aliphatic carbocycles. The predicted octanol–water partition coefficient (Wildman–Crippen LogP) is 5.32. The summed E-state index contributed by atoms with van der Waals surface area (Å²) in [5.41, 5.74) is -3.55. The summed E-state index contributed by atoms with van der Waals surface area (Å²) in [6, 6.07) is 0. The number of carbonyl (C=O) groups excluding carboxylic acids is 3. The highest BCUT2D eigenvalue weighted by Gasteiger charge is 2.76. The summed E-state index contributed by atoms with van der Waals surface area (Å²) in [5.74, 6) is -2.03. The maximum atomic E-state index is 13.6. The van der Waals surface area contributed by atoms with E-state index in [2.05, 4.69) is 26.8 Å². The molecule has 0 aliphatic heterocycles. The van der Waals surface area contributed by atoms with Gasteiger partial charge in [0.05, 0.1) is 41.7 Å². The van der Waals surface area contributed by atoms with Crippen LogP contribution < -0.4 is 0 Å². The zero-order valence-corrected chi connectivity index (χ0v) is 31.4. The topological polar surface area (TPSA) is 151 Å². The fourth-order valence-electron chi connectivity index (χ4n) is 11.9. The number of hydrogen-bond acceptors (Lipinski definition) is 9. The Kier molecular flexibility index (Phi) is 9.78. The number of aliphatic hydroxyl groups excluding tert-OH is 4. The van der Waals surface area contributed by atoms with Crippen molar-refractivity contribution in [1.29, 1.82) is 0 Å². The Morgan fingerprint density at radius 2 is 1.63 bits per heavy atom. The Hall–Kier alpha value is -2.07. The molecule has 0 aromatic carbocycles. The van der Waals surface area contributed by atoms with Crippen LogP contribution in [0.15, 0.2) is 23.3 Å². The molecule has 5 rings (SSSR count). The van der Waals surface area contributed by atoms with Gasteiger partial charge in [-0.1, -0.05) is 73.1 Å². The Labute approximate surface area is 292 Å². The first-order chi connectivity index (χ1) is 22.7. The lowest BCUT2D eigenvalue weighted by Gasteiger charge is -2.73. The highest BCUT2D eigenvalue weighted by molar-refractivity contribution is 5.87. The molecule has 9 nitrogen and oxygen atoms in total. The van der Waals surface area contributed by atoms with Gasteiger partial charge in [-0.05, 0) is 87.4 Å². The molecule has 14 atom stereocenters. The van der Waals surface area contributed by atoms with Gasteiger partial charge in [-0.3, -0.25) is 4.79 Å². The van der Waals surface area contributed by atoms with Crippen LogP contribution >= 0.6 is 0 Å². The van der Waals surface area contributed by atoms with Gasteiger partial charge in [-0.15, -0.1) is 0 Å². The molecule has 4 N–H and O–H groups in total. The van der Waals surface area contributed by atoms with E-state index < -0.39 is 88.0 Å². The second kappa shape index (κ2) is 12.6. The molecule has 0 spiro atoms. The predicted molar refractivity (Wildman–Crippen MR) is 185 cm³/mol. The summed E-state index contributed by atoms with van der Waals surface area (Å²) in [7, 11) is 0. The van der Waals surface area contributed by atoms with E-state index >= 15 is 0 Å². The number of carbonyl (C=O) groups is 3. The van der Waals surface area contributed by atoms with Crippen LogP contribution in [-0.4, -0.2) is 75.8 Å². The molecular weight excluding hydrogens is 624 g/mol. The molecule has 0 bridgehead atoms. The van der Waals surface area contributed by atoms with Gasteiger partial charge in [0.25, 0.3) is 0 Å². The van der Waals surface area contributed by atoms with Crippen LogP contribution in [-0.2, 0) is 23.9 Å². The quantitative estimate of drug-likeness (QED) is 0.121. The first-order valence-corrected chi connectivity index (χ1v) is 18.6. The molecule has 1 unspecified atom stereocenters. The molecule has 276 valence electrons. The molecule has 0 heterocycles. The van der Waals surface area contributed by atoms with Crippen LogP contribution in [0.25, 0.3) is 0 Å². The van der Waals surface area contributed by atoms with Gasteiger partial charge in [-0.2, -0.15) is 0 Å². The van der Waals surface area contributed by atoms with Crippen molar-refractivity contribution in [3.63, 3.8) is 0 Å². The number of ether oxygens (including phenoxy) is 2. The van der Waals surface area contributed by atoms with Crippen molar-refractivity contribution in [1.82, 2.24) is 0 Å². The zero-order chi connectivity index (χ0) is 36.7. The van der Waals surface area contributed by atoms with Crippen molar-refractivity contribution in [3.8, 4) is 0 Å². The minimum absolute atomic E-state index is 0.0332. The fraction of sp³-hybridized carbons (Fsp3) is 0.825. The van der Waals surface area contributed by atoms with Gasteiger partial charge >= 0.3 is 11.9 Å². The summed E-state index contributed by atoms with van der Waals surface area (Å²) in [6.07, 6.45) is 3.26. The van der Waals surface area contributed by atoms with E-state index in [1.54, 1.807) is 26.8 Å². The van der Waals surface area contributed by atoms with Crippen LogP contribution in [0, 0.1) is 56.2 Å². The minimum Gasteiger partial charge on any atom is -0.457 e. The number of aldehydes is 1. The first-order valence-electron chi connectivity index (χ1n) is 18.6. The maximum Gasteiger partial charge on any atom is 0.333 e. The van der Waals surface area contributed by atoms with Crippen molar-refractivity contribution in [2.75, 3.05) is 6.61 Å². The second-order valence-corrected chi connectivity index (χ2v) is 18.1. The standard InChI is InChI=1S/C40H62O9/c1-11-22(3)33(46)48-31-32(49-34(47)23(4)12-2)40(21-42)25(19-35(31,5)6)24-13-14-27-36(7)17-16-28(43)37(8,20-41)26(36)15-18-38(27,9)39(24,10)29(44)30(40)45/h11,13,20,23,25-32,42-45H,12,14-19,21H2,1-10H3/b22-11-/t23?,25-,26+,27+,28-,29-,30+,31-,32-,36-,37-,38+,39-,40-/m0/s1. The molecule has 0 aromatic heterocycles. The largest absolute Gasteiger partial charge is 0.457 e. The van der Waals surface area contributed by atoms with Gasteiger partial charge in [0.15, 0.2) is 6.10 Å². The highest BCUT2D eigenvalue weighted by Crippen LogP contribution is 2.75. The molecule has 4 fully saturated rings. The molecule has 49 heavy (non-hydrogen) atoms. The molecule has 9 heteroatoms. The Morgan fingerprint density at radius 1 is 0.980 bits per heavy atom. The summed E-state index contributed by atoms with van der Waals surface area (Å²) >= 11 is 0. The highest BCUT2D eigenvalue weighted by atomic mass is 16.6. The Bertz CT molecular complexity index is 1400. The molecule has 0 radical (unpaired) electrons. The average Bonchev–Trinajstić information content (AvgIpc) is 3.06. The van der Waals surface area contributed by atoms with Crippen LogP contribution in [0.1, 0.15) is 114 Å². The Balaban J connectivity index is 1.68. The van der Waals surface area contributed by atoms with Crippen molar-refractivity contribution >= 4 is 18.2 Å². The third kappa shape index (κ3) is 5.02. The third-order valence-corrected chi connectivity index (χ3v) is 15.6. The van der Waals surface area contributed by atoms with Crippen LogP contribution in [0.3, 0.4) is 0 Å². The molecule has 5 aliphatic rings. The summed E-state index contributed by atoms with van der Waals surface area (Å²) in [5, 5.41) is 47.7. The lowest BCUT2D eigenvalue weighted by molar-refractivity contribution is -0.292. The number of fused-ring (bicyclic) bond motifs is 7. The van der Waals surface area contributed by atoms with Crippen molar-refractivity contribution in [2.45, 2.75) is 145 Å². The molecule has 0 saturated heterocycles. The monoisotopic (exact) mass is 686 g/mol. The van der Waals surface area contributed by atoms with Gasteiger partial charge < -0.3 is 34.7 Å². The van der Waals surface area contributed by atoms with Crippen molar-refractivity contribution in [2.24, 2.45) is 56.2 Å². The van der Waals surface area contributed by atoms with Crippen molar-refractivity contribution in [3.05, 3.63) is 23.3 Å². The van der Waals surface area contributed by atoms with Crippen LogP contribution in [0.5, 0.6) is 0 Å². The number of allylic oxidation sites excluding steroid dienone is 2. The van der Waals surface area contributed by atoms with Gasteiger partial charge in [0.2, 0.25) is 0 Å². The van der Waals surface area contributed by atoms with E-state index in [1.807, 2.05) is 27.7 Å². The average molecular weight is 687 g/mol.